The lowest BCUT2D eigenvalue weighted by molar-refractivity contribution is -0.116. The van der Waals surface area contributed by atoms with Gasteiger partial charge in [0.2, 0.25) is 0 Å². The Morgan fingerprint density at radius 3 is 2.71 bits per heavy atom. The topological polar surface area (TPSA) is 52.9 Å². The first-order valence-corrected chi connectivity index (χ1v) is 7.92. The van der Waals surface area contributed by atoms with Crippen LogP contribution in [0.1, 0.15) is 24.3 Å². The lowest BCUT2D eigenvalue weighted by Gasteiger charge is -2.23. The summed E-state index contributed by atoms with van der Waals surface area (Å²) in [6.07, 6.45) is 1.31. The molecule has 2 rings (SSSR count). The summed E-state index contributed by atoms with van der Waals surface area (Å²) in [5.41, 5.74) is 0.0538. The normalized spacial score (nSPS) is 18.9. The molecule has 1 aliphatic carbocycles. The average molecular weight is 357 g/mol. The van der Waals surface area contributed by atoms with E-state index in [1.807, 2.05) is 19.0 Å². The zero-order valence-electron chi connectivity index (χ0n) is 13.5. The van der Waals surface area contributed by atoms with Gasteiger partial charge < -0.3 is 10.0 Å². The monoisotopic (exact) mass is 356 g/mol. The standard InChI is InChI=1S/C17H19ClF2N2O2/c1-22(2)6-5-21-9-11-14(23)7-10(8-15(11)24)16-12(18)3-4-13(19)17(16)20/h3-4,9-10,23H,5-8H2,1-2H3. The van der Waals surface area contributed by atoms with Crippen LogP contribution in [0.5, 0.6) is 0 Å². The van der Waals surface area contributed by atoms with Gasteiger partial charge in [-0.3, -0.25) is 9.79 Å². The number of rotatable bonds is 5. The molecule has 0 aromatic heterocycles. The van der Waals surface area contributed by atoms with Crippen LogP contribution in [0.4, 0.5) is 8.78 Å². The van der Waals surface area contributed by atoms with E-state index in [1.165, 1.54) is 12.3 Å². The zero-order chi connectivity index (χ0) is 17.9. The molecular formula is C17H19ClF2N2O2. The maximum Gasteiger partial charge on any atom is 0.168 e. The summed E-state index contributed by atoms with van der Waals surface area (Å²) in [5, 5.41) is 10.2. The van der Waals surface area contributed by atoms with E-state index in [2.05, 4.69) is 4.99 Å². The highest BCUT2D eigenvalue weighted by atomic mass is 35.5. The number of benzene rings is 1. The Hall–Kier alpha value is -1.79. The molecule has 0 amide bonds. The lowest BCUT2D eigenvalue weighted by atomic mass is 9.82. The van der Waals surface area contributed by atoms with Crippen molar-refractivity contribution in [1.82, 2.24) is 4.90 Å². The van der Waals surface area contributed by atoms with Crippen molar-refractivity contribution >= 4 is 23.6 Å². The largest absolute Gasteiger partial charge is 0.511 e. The Labute approximate surface area is 144 Å². The molecule has 0 bridgehead atoms. The molecule has 0 aliphatic heterocycles. The average Bonchev–Trinajstić information content (AvgIpc) is 2.49. The van der Waals surface area contributed by atoms with Crippen LogP contribution in [0.15, 0.2) is 28.5 Å². The molecule has 1 aromatic rings. The van der Waals surface area contributed by atoms with Crippen LogP contribution in [0.25, 0.3) is 0 Å². The number of carbonyl (C=O) groups is 1. The van der Waals surface area contributed by atoms with E-state index in [0.717, 1.165) is 6.07 Å². The highest BCUT2D eigenvalue weighted by molar-refractivity contribution is 6.31. The van der Waals surface area contributed by atoms with Gasteiger partial charge in [0, 0.05) is 42.1 Å². The molecule has 130 valence electrons. The SMILES string of the molecule is CN(C)CCN=CC1=C(O)CC(c2c(Cl)ccc(F)c2F)CC1=O. The van der Waals surface area contributed by atoms with Crippen molar-refractivity contribution in [3.63, 3.8) is 0 Å². The first kappa shape index (κ1) is 18.5. The van der Waals surface area contributed by atoms with Gasteiger partial charge in [-0.05, 0) is 26.2 Å². The van der Waals surface area contributed by atoms with Crippen LogP contribution in [0.2, 0.25) is 5.02 Å². The summed E-state index contributed by atoms with van der Waals surface area (Å²) in [7, 11) is 3.81. The number of hydrogen-bond donors (Lipinski definition) is 1. The van der Waals surface area contributed by atoms with E-state index in [1.54, 1.807) is 0 Å². The van der Waals surface area contributed by atoms with Gasteiger partial charge >= 0.3 is 0 Å². The number of allylic oxidation sites excluding steroid dienone is 2. The summed E-state index contributed by atoms with van der Waals surface area (Å²) in [6.45, 7) is 1.20. The van der Waals surface area contributed by atoms with Crippen molar-refractivity contribution in [1.29, 1.82) is 0 Å². The third-order valence-corrected chi connectivity index (χ3v) is 4.20. The summed E-state index contributed by atoms with van der Waals surface area (Å²) >= 11 is 5.95. The maximum atomic E-state index is 14.0. The molecule has 1 N–H and O–H groups in total. The van der Waals surface area contributed by atoms with E-state index in [4.69, 9.17) is 11.6 Å². The van der Waals surface area contributed by atoms with Gasteiger partial charge in [0.25, 0.3) is 0 Å². The molecule has 0 saturated heterocycles. The molecule has 0 radical (unpaired) electrons. The van der Waals surface area contributed by atoms with Crippen LogP contribution in [0.3, 0.4) is 0 Å². The first-order valence-electron chi connectivity index (χ1n) is 7.54. The molecule has 7 heteroatoms. The second kappa shape index (κ2) is 7.85. The third-order valence-electron chi connectivity index (χ3n) is 3.87. The number of ketones is 1. The van der Waals surface area contributed by atoms with Gasteiger partial charge in [0.15, 0.2) is 17.4 Å². The molecular weight excluding hydrogens is 338 g/mol. The number of likely N-dealkylation sites (N-methyl/N-ethyl adjacent to an activating group) is 1. The predicted molar refractivity (Wildman–Crippen MR) is 89.9 cm³/mol. The van der Waals surface area contributed by atoms with Crippen LogP contribution >= 0.6 is 11.6 Å². The number of nitrogens with zero attached hydrogens (tertiary/aromatic N) is 2. The molecule has 4 nitrogen and oxygen atoms in total. The molecule has 0 fully saturated rings. The van der Waals surface area contributed by atoms with Crippen LogP contribution < -0.4 is 0 Å². The number of aliphatic hydroxyl groups is 1. The summed E-state index contributed by atoms with van der Waals surface area (Å²) in [4.78, 5) is 18.3. The van der Waals surface area contributed by atoms with Crippen molar-refractivity contribution in [2.75, 3.05) is 27.2 Å². The van der Waals surface area contributed by atoms with Gasteiger partial charge in [-0.1, -0.05) is 11.6 Å². The molecule has 1 atom stereocenters. The number of aliphatic hydroxyl groups excluding tert-OH is 1. The first-order chi connectivity index (χ1) is 11.3. The predicted octanol–water partition coefficient (Wildman–Crippen LogP) is 3.51. The highest BCUT2D eigenvalue weighted by Crippen LogP contribution is 2.38. The van der Waals surface area contributed by atoms with E-state index >= 15 is 0 Å². The number of Topliss-reactive ketones (excluding diaryl/α,β-unsaturated/α-hetero) is 1. The highest BCUT2D eigenvalue weighted by Gasteiger charge is 2.31. The Balaban J connectivity index is 2.21. The fraction of sp³-hybridized carbons (Fsp3) is 0.412. The molecule has 0 saturated carbocycles. The zero-order valence-corrected chi connectivity index (χ0v) is 14.3. The van der Waals surface area contributed by atoms with E-state index < -0.39 is 17.6 Å². The number of hydrogen-bond acceptors (Lipinski definition) is 4. The quantitative estimate of drug-likeness (QED) is 0.649. The van der Waals surface area contributed by atoms with Gasteiger partial charge in [-0.15, -0.1) is 0 Å². The van der Waals surface area contributed by atoms with Gasteiger partial charge in [0.1, 0.15) is 5.76 Å². The van der Waals surface area contributed by atoms with Crippen LogP contribution in [-0.2, 0) is 4.79 Å². The minimum atomic E-state index is -1.07. The van der Waals surface area contributed by atoms with Crippen molar-refractivity contribution in [3.8, 4) is 0 Å². The molecule has 1 aliphatic rings. The smallest absolute Gasteiger partial charge is 0.168 e. The summed E-state index contributed by atoms with van der Waals surface area (Å²) < 4.78 is 27.5. The van der Waals surface area contributed by atoms with Crippen LogP contribution in [0, 0.1) is 11.6 Å². The Bertz CT molecular complexity index is 702. The van der Waals surface area contributed by atoms with Gasteiger partial charge in [0.05, 0.1) is 12.1 Å². The van der Waals surface area contributed by atoms with E-state index in [-0.39, 0.29) is 40.5 Å². The molecule has 0 heterocycles. The minimum absolute atomic E-state index is 0.0147. The second-order valence-electron chi connectivity index (χ2n) is 5.98. The van der Waals surface area contributed by atoms with E-state index in [0.29, 0.717) is 13.1 Å². The van der Waals surface area contributed by atoms with Gasteiger partial charge in [-0.25, -0.2) is 8.78 Å². The molecule has 0 spiro atoms. The number of aliphatic imine (C=N–C) groups is 1. The molecule has 24 heavy (non-hydrogen) atoms. The maximum absolute atomic E-state index is 14.0. The van der Waals surface area contributed by atoms with Crippen LogP contribution in [-0.4, -0.2) is 49.2 Å². The molecule has 1 aromatic carbocycles. The van der Waals surface area contributed by atoms with Crippen molar-refractivity contribution in [2.45, 2.75) is 18.8 Å². The van der Waals surface area contributed by atoms with Crippen molar-refractivity contribution < 1.29 is 18.7 Å². The van der Waals surface area contributed by atoms with Gasteiger partial charge in [-0.2, -0.15) is 0 Å². The summed E-state index contributed by atoms with van der Waals surface area (Å²) in [6, 6.07) is 2.18. The Kier molecular flexibility index (Phi) is 6.07. The third kappa shape index (κ3) is 4.19. The Morgan fingerprint density at radius 1 is 1.38 bits per heavy atom. The second-order valence-corrected chi connectivity index (χ2v) is 6.39. The minimum Gasteiger partial charge on any atom is -0.511 e. The van der Waals surface area contributed by atoms with Crippen molar-refractivity contribution in [3.05, 3.63) is 45.7 Å². The fourth-order valence-electron chi connectivity index (χ4n) is 2.59. The summed E-state index contributed by atoms with van der Waals surface area (Å²) in [5.74, 6) is -3.33. The fourth-order valence-corrected chi connectivity index (χ4v) is 2.89. The van der Waals surface area contributed by atoms with E-state index in [9.17, 15) is 18.7 Å². The molecule has 1 unspecified atom stereocenters. The lowest BCUT2D eigenvalue weighted by Crippen LogP contribution is -2.21. The Morgan fingerprint density at radius 2 is 2.08 bits per heavy atom. The number of carbonyl (C=O) groups excluding carboxylic acids is 1. The van der Waals surface area contributed by atoms with Crippen molar-refractivity contribution in [2.24, 2.45) is 4.99 Å². The number of halogens is 3.